The SMILES string of the molecule is C=C1CC[C@H]2[C@@H]1CC(C)(C)C[C@H]1C[C@]12C. The first-order chi connectivity index (χ1) is 6.92. The first-order valence-corrected chi connectivity index (χ1v) is 6.60. The summed E-state index contributed by atoms with van der Waals surface area (Å²) in [5.41, 5.74) is 2.84. The first kappa shape index (κ1) is 9.93. The van der Waals surface area contributed by atoms with Crippen molar-refractivity contribution >= 4 is 0 Å². The second-order valence-electron chi connectivity index (χ2n) is 7.39. The minimum atomic E-state index is 0.565. The third-order valence-electron chi connectivity index (χ3n) is 5.66. The normalized spacial score (nSPS) is 51.9. The van der Waals surface area contributed by atoms with E-state index in [1.54, 1.807) is 5.57 Å². The molecule has 0 unspecified atom stereocenters. The van der Waals surface area contributed by atoms with Crippen LogP contribution < -0.4 is 0 Å². The van der Waals surface area contributed by atoms with Gasteiger partial charge in [0.2, 0.25) is 0 Å². The summed E-state index contributed by atoms with van der Waals surface area (Å²) in [6.07, 6.45) is 7.12. The number of hydrogen-bond acceptors (Lipinski definition) is 0. The molecule has 0 N–H and O–H groups in total. The summed E-state index contributed by atoms with van der Waals surface area (Å²) >= 11 is 0. The van der Waals surface area contributed by atoms with Crippen LogP contribution in [0.15, 0.2) is 12.2 Å². The third kappa shape index (κ3) is 1.33. The third-order valence-corrected chi connectivity index (χ3v) is 5.66. The number of hydrogen-bond donors (Lipinski definition) is 0. The van der Waals surface area contributed by atoms with Crippen LogP contribution in [-0.4, -0.2) is 0 Å². The predicted octanol–water partition coefficient (Wildman–Crippen LogP) is 4.42. The minimum absolute atomic E-state index is 0.565. The van der Waals surface area contributed by atoms with Crippen LogP contribution in [0.5, 0.6) is 0 Å². The summed E-state index contributed by atoms with van der Waals surface area (Å²) in [5, 5.41) is 0. The summed E-state index contributed by atoms with van der Waals surface area (Å²) < 4.78 is 0. The Morgan fingerprint density at radius 1 is 1.13 bits per heavy atom. The van der Waals surface area contributed by atoms with Gasteiger partial charge in [0, 0.05) is 0 Å². The van der Waals surface area contributed by atoms with Gasteiger partial charge >= 0.3 is 0 Å². The Kier molecular flexibility index (Phi) is 1.79. The van der Waals surface area contributed by atoms with Gasteiger partial charge in [0.25, 0.3) is 0 Å². The summed E-state index contributed by atoms with van der Waals surface area (Å²) in [5.74, 6) is 2.88. The minimum Gasteiger partial charge on any atom is -0.0996 e. The van der Waals surface area contributed by atoms with E-state index in [0.717, 1.165) is 17.8 Å². The average Bonchev–Trinajstić information content (AvgIpc) is 2.59. The van der Waals surface area contributed by atoms with Crippen molar-refractivity contribution in [2.75, 3.05) is 0 Å². The maximum atomic E-state index is 4.33. The smallest absolute Gasteiger partial charge is 0.0167 e. The van der Waals surface area contributed by atoms with Crippen LogP contribution in [0, 0.1) is 28.6 Å². The highest BCUT2D eigenvalue weighted by Gasteiger charge is 2.61. The monoisotopic (exact) mass is 204 g/mol. The van der Waals surface area contributed by atoms with E-state index in [4.69, 9.17) is 0 Å². The Morgan fingerprint density at radius 2 is 1.87 bits per heavy atom. The van der Waals surface area contributed by atoms with Crippen LogP contribution in [0.1, 0.15) is 52.9 Å². The number of allylic oxidation sites excluding steroid dienone is 1. The van der Waals surface area contributed by atoms with E-state index >= 15 is 0 Å². The van der Waals surface area contributed by atoms with E-state index in [0.29, 0.717) is 10.8 Å². The van der Waals surface area contributed by atoms with Gasteiger partial charge in [-0.05, 0) is 60.7 Å². The molecular formula is C15H24. The zero-order chi connectivity index (χ0) is 10.8. The lowest BCUT2D eigenvalue weighted by atomic mass is 9.75. The molecule has 0 heterocycles. The fourth-order valence-corrected chi connectivity index (χ4v) is 4.67. The van der Waals surface area contributed by atoms with Crippen LogP contribution in [-0.2, 0) is 0 Å². The Balaban J connectivity index is 1.95. The molecule has 0 amide bonds. The standard InChI is InChI=1S/C15H24/c1-10-5-6-13-12(10)9-14(2,3)7-11-8-15(11,13)4/h11-13H,1,5-9H2,2-4H3/t11-,12+,13-,15+/m0/s1. The van der Waals surface area contributed by atoms with E-state index in [9.17, 15) is 0 Å². The molecule has 3 aliphatic carbocycles. The van der Waals surface area contributed by atoms with E-state index in [1.165, 1.54) is 32.1 Å². The molecular weight excluding hydrogens is 180 g/mol. The lowest BCUT2D eigenvalue weighted by Gasteiger charge is -2.29. The second kappa shape index (κ2) is 2.70. The van der Waals surface area contributed by atoms with Crippen LogP contribution in [0.25, 0.3) is 0 Å². The Morgan fingerprint density at radius 3 is 2.60 bits per heavy atom. The van der Waals surface area contributed by atoms with Crippen molar-refractivity contribution in [1.29, 1.82) is 0 Å². The molecule has 3 saturated carbocycles. The zero-order valence-corrected chi connectivity index (χ0v) is 10.5. The Labute approximate surface area is 94.1 Å². The van der Waals surface area contributed by atoms with Gasteiger partial charge in [-0.15, -0.1) is 0 Å². The zero-order valence-electron chi connectivity index (χ0n) is 10.5. The van der Waals surface area contributed by atoms with Crippen LogP contribution >= 0.6 is 0 Å². The van der Waals surface area contributed by atoms with E-state index in [2.05, 4.69) is 27.4 Å². The van der Waals surface area contributed by atoms with Crippen molar-refractivity contribution in [3.63, 3.8) is 0 Å². The largest absolute Gasteiger partial charge is 0.0996 e. The Bertz CT molecular complexity index is 312. The molecule has 0 bridgehead atoms. The fraction of sp³-hybridized carbons (Fsp3) is 0.867. The highest BCUT2D eigenvalue weighted by atomic mass is 14.7. The van der Waals surface area contributed by atoms with Crippen molar-refractivity contribution < 1.29 is 0 Å². The number of fused-ring (bicyclic) bond motifs is 3. The molecule has 0 nitrogen and oxygen atoms in total. The van der Waals surface area contributed by atoms with Gasteiger partial charge in [0.1, 0.15) is 0 Å². The molecule has 0 aliphatic heterocycles. The van der Waals surface area contributed by atoms with E-state index in [-0.39, 0.29) is 0 Å². The molecule has 0 spiro atoms. The summed E-state index contributed by atoms with van der Waals surface area (Å²) in [6.45, 7) is 11.8. The maximum absolute atomic E-state index is 4.33. The van der Waals surface area contributed by atoms with Crippen LogP contribution in [0.3, 0.4) is 0 Å². The fourth-order valence-electron chi connectivity index (χ4n) is 4.67. The highest BCUT2D eigenvalue weighted by Crippen LogP contribution is 2.70. The second-order valence-corrected chi connectivity index (χ2v) is 7.39. The van der Waals surface area contributed by atoms with E-state index < -0.39 is 0 Å². The lowest BCUT2D eigenvalue weighted by molar-refractivity contribution is 0.232. The van der Waals surface area contributed by atoms with Crippen molar-refractivity contribution in [3.05, 3.63) is 12.2 Å². The molecule has 0 aromatic carbocycles. The average molecular weight is 204 g/mol. The van der Waals surface area contributed by atoms with Crippen molar-refractivity contribution in [2.45, 2.75) is 52.9 Å². The molecule has 84 valence electrons. The molecule has 3 aliphatic rings. The molecule has 0 aromatic heterocycles. The van der Waals surface area contributed by atoms with Gasteiger partial charge in [0.05, 0.1) is 0 Å². The van der Waals surface area contributed by atoms with Gasteiger partial charge < -0.3 is 0 Å². The molecule has 0 aromatic rings. The first-order valence-electron chi connectivity index (χ1n) is 6.60. The van der Waals surface area contributed by atoms with Gasteiger partial charge in [0.15, 0.2) is 0 Å². The van der Waals surface area contributed by atoms with Gasteiger partial charge in [-0.3, -0.25) is 0 Å². The molecule has 3 fully saturated rings. The maximum Gasteiger partial charge on any atom is -0.0167 e. The van der Waals surface area contributed by atoms with Gasteiger partial charge in [-0.2, -0.15) is 0 Å². The van der Waals surface area contributed by atoms with Crippen LogP contribution in [0.2, 0.25) is 0 Å². The molecule has 15 heavy (non-hydrogen) atoms. The van der Waals surface area contributed by atoms with Crippen molar-refractivity contribution in [1.82, 2.24) is 0 Å². The van der Waals surface area contributed by atoms with Gasteiger partial charge in [-0.25, -0.2) is 0 Å². The molecule has 0 saturated heterocycles. The predicted molar refractivity (Wildman–Crippen MR) is 64.6 cm³/mol. The molecule has 3 rings (SSSR count). The van der Waals surface area contributed by atoms with Crippen molar-refractivity contribution in [3.8, 4) is 0 Å². The molecule has 0 heteroatoms. The summed E-state index contributed by atoms with van der Waals surface area (Å²) in [7, 11) is 0. The van der Waals surface area contributed by atoms with E-state index in [1.807, 2.05) is 0 Å². The quantitative estimate of drug-likeness (QED) is 0.513. The summed E-state index contributed by atoms with van der Waals surface area (Å²) in [6, 6.07) is 0. The molecule has 4 atom stereocenters. The molecule has 0 radical (unpaired) electrons. The van der Waals surface area contributed by atoms with Gasteiger partial charge in [-0.1, -0.05) is 32.9 Å². The topological polar surface area (TPSA) is 0 Å². The lowest BCUT2D eigenvalue weighted by Crippen LogP contribution is -2.21. The van der Waals surface area contributed by atoms with Crippen molar-refractivity contribution in [2.24, 2.45) is 28.6 Å². The Hall–Kier alpha value is -0.260. The number of rotatable bonds is 0. The van der Waals surface area contributed by atoms with Crippen LogP contribution in [0.4, 0.5) is 0 Å². The highest BCUT2D eigenvalue weighted by molar-refractivity contribution is 5.20. The summed E-state index contributed by atoms with van der Waals surface area (Å²) in [4.78, 5) is 0.